The van der Waals surface area contributed by atoms with Crippen LogP contribution in [-0.4, -0.2) is 66.0 Å². The molecule has 2 aliphatic heterocycles. The van der Waals surface area contributed by atoms with E-state index in [2.05, 4.69) is 17.1 Å². The fourth-order valence-electron chi connectivity index (χ4n) is 4.08. The molecular formula is C23H27N3O3. The third kappa shape index (κ3) is 4.82. The summed E-state index contributed by atoms with van der Waals surface area (Å²) in [7, 11) is 0. The molecule has 1 aromatic heterocycles. The van der Waals surface area contributed by atoms with Gasteiger partial charge in [-0.05, 0) is 55.0 Å². The van der Waals surface area contributed by atoms with Crippen molar-refractivity contribution in [3.63, 3.8) is 0 Å². The molecule has 2 aliphatic rings. The number of likely N-dealkylation sites (tertiary alicyclic amines) is 1. The second kappa shape index (κ2) is 9.18. The normalized spacial score (nSPS) is 17.9. The van der Waals surface area contributed by atoms with E-state index in [9.17, 15) is 9.59 Å². The minimum absolute atomic E-state index is 0.0718. The summed E-state index contributed by atoms with van der Waals surface area (Å²) in [6.07, 6.45) is 6.30. The molecule has 0 saturated carbocycles. The maximum absolute atomic E-state index is 12.5. The Labute approximate surface area is 171 Å². The van der Waals surface area contributed by atoms with Gasteiger partial charge in [-0.2, -0.15) is 0 Å². The zero-order valence-corrected chi connectivity index (χ0v) is 16.6. The molecule has 4 rings (SSSR count). The summed E-state index contributed by atoms with van der Waals surface area (Å²) < 4.78 is 5.32. The smallest absolute Gasteiger partial charge is 0.255 e. The molecule has 152 valence electrons. The van der Waals surface area contributed by atoms with Crippen LogP contribution >= 0.6 is 0 Å². The van der Waals surface area contributed by atoms with Gasteiger partial charge in [-0.3, -0.25) is 14.6 Å². The van der Waals surface area contributed by atoms with E-state index in [0.29, 0.717) is 37.8 Å². The second-order valence-corrected chi connectivity index (χ2v) is 7.78. The third-order valence-corrected chi connectivity index (χ3v) is 5.83. The number of nitrogens with zero attached hydrogens (tertiary/aromatic N) is 3. The van der Waals surface area contributed by atoms with Crippen LogP contribution in [0.5, 0.6) is 0 Å². The van der Waals surface area contributed by atoms with Crippen LogP contribution in [0.3, 0.4) is 0 Å². The van der Waals surface area contributed by atoms with Crippen LogP contribution in [0.25, 0.3) is 0 Å². The van der Waals surface area contributed by atoms with E-state index in [1.165, 1.54) is 5.56 Å². The number of carbonyl (C=O) groups excluding carboxylic acids is 2. The van der Waals surface area contributed by atoms with Crippen LogP contribution in [0.4, 0.5) is 0 Å². The topological polar surface area (TPSA) is 62.7 Å². The van der Waals surface area contributed by atoms with E-state index in [-0.39, 0.29) is 11.8 Å². The van der Waals surface area contributed by atoms with Gasteiger partial charge in [0.25, 0.3) is 11.8 Å². The second-order valence-electron chi connectivity index (χ2n) is 7.78. The van der Waals surface area contributed by atoms with Gasteiger partial charge in [-0.25, -0.2) is 0 Å². The first kappa shape index (κ1) is 19.6. The van der Waals surface area contributed by atoms with Crippen molar-refractivity contribution >= 4 is 11.8 Å². The number of ether oxygens (including phenoxy) is 1. The Kier molecular flexibility index (Phi) is 6.20. The molecule has 2 amide bonds. The number of hydrogen-bond acceptors (Lipinski definition) is 4. The van der Waals surface area contributed by atoms with E-state index in [1.54, 1.807) is 18.5 Å². The number of rotatable bonds is 4. The van der Waals surface area contributed by atoms with Gasteiger partial charge in [0, 0.05) is 44.1 Å². The Bertz CT molecular complexity index is 824. The molecule has 0 N–H and O–H groups in total. The Morgan fingerprint density at radius 1 is 0.897 bits per heavy atom. The number of piperidine rings is 1. The lowest BCUT2D eigenvalue weighted by Crippen LogP contribution is -2.40. The molecule has 1 aromatic carbocycles. The van der Waals surface area contributed by atoms with Gasteiger partial charge in [0.15, 0.2) is 0 Å². The Hall–Kier alpha value is -2.73. The average molecular weight is 393 g/mol. The van der Waals surface area contributed by atoms with Crippen molar-refractivity contribution in [2.75, 3.05) is 39.4 Å². The summed E-state index contributed by atoms with van der Waals surface area (Å²) in [4.78, 5) is 32.9. The monoisotopic (exact) mass is 393 g/mol. The first-order chi connectivity index (χ1) is 14.2. The molecule has 6 heteroatoms. The molecule has 6 nitrogen and oxygen atoms in total. The minimum Gasteiger partial charge on any atom is -0.378 e. The maximum Gasteiger partial charge on any atom is 0.255 e. The lowest BCUT2D eigenvalue weighted by molar-refractivity contribution is 0.0303. The predicted molar refractivity (Wildman–Crippen MR) is 110 cm³/mol. The molecule has 0 unspecified atom stereocenters. The van der Waals surface area contributed by atoms with Crippen molar-refractivity contribution in [1.82, 2.24) is 14.8 Å². The highest BCUT2D eigenvalue weighted by Gasteiger charge is 2.24. The summed E-state index contributed by atoms with van der Waals surface area (Å²) >= 11 is 0. The van der Waals surface area contributed by atoms with E-state index in [1.807, 2.05) is 28.0 Å². The van der Waals surface area contributed by atoms with Crippen molar-refractivity contribution in [3.05, 3.63) is 65.5 Å². The first-order valence-electron chi connectivity index (χ1n) is 10.4. The molecule has 0 bridgehead atoms. The lowest BCUT2D eigenvalue weighted by Gasteiger charge is -2.32. The Morgan fingerprint density at radius 2 is 1.55 bits per heavy atom. The predicted octanol–water partition coefficient (Wildman–Crippen LogP) is 2.65. The quantitative estimate of drug-likeness (QED) is 0.801. The van der Waals surface area contributed by atoms with Crippen LogP contribution in [0.15, 0.2) is 48.8 Å². The van der Waals surface area contributed by atoms with Gasteiger partial charge in [-0.1, -0.05) is 12.1 Å². The van der Waals surface area contributed by atoms with Crippen LogP contribution < -0.4 is 0 Å². The van der Waals surface area contributed by atoms with E-state index >= 15 is 0 Å². The van der Waals surface area contributed by atoms with Gasteiger partial charge in [-0.15, -0.1) is 0 Å². The highest BCUT2D eigenvalue weighted by atomic mass is 16.5. The zero-order valence-electron chi connectivity index (χ0n) is 16.6. The SMILES string of the molecule is O=C(c1ccc(CC2CCN(C(=O)c3cccnc3)CC2)cc1)N1CCOCC1. The molecular weight excluding hydrogens is 366 g/mol. The average Bonchev–Trinajstić information content (AvgIpc) is 2.80. The van der Waals surface area contributed by atoms with Crippen LogP contribution in [0, 0.1) is 5.92 Å². The molecule has 2 fully saturated rings. The maximum atomic E-state index is 12.5. The zero-order chi connectivity index (χ0) is 20.1. The van der Waals surface area contributed by atoms with Crippen molar-refractivity contribution in [2.24, 2.45) is 5.92 Å². The molecule has 2 aromatic rings. The summed E-state index contributed by atoms with van der Waals surface area (Å²) in [5, 5.41) is 0. The van der Waals surface area contributed by atoms with Gasteiger partial charge in [0.1, 0.15) is 0 Å². The number of morpholine rings is 1. The molecule has 2 saturated heterocycles. The van der Waals surface area contributed by atoms with Crippen molar-refractivity contribution in [2.45, 2.75) is 19.3 Å². The van der Waals surface area contributed by atoms with Crippen LogP contribution in [0.2, 0.25) is 0 Å². The standard InChI is InChI=1S/C23H27N3O3/c27-22(26-12-14-29-15-13-26)20-5-3-18(4-6-20)16-19-7-10-25(11-8-19)23(28)21-2-1-9-24-17-21/h1-6,9,17,19H,7-8,10-16H2. The van der Waals surface area contributed by atoms with Crippen molar-refractivity contribution in [1.29, 1.82) is 0 Å². The first-order valence-corrected chi connectivity index (χ1v) is 10.4. The lowest BCUT2D eigenvalue weighted by atomic mass is 9.89. The van der Waals surface area contributed by atoms with Gasteiger partial charge >= 0.3 is 0 Å². The number of carbonyl (C=O) groups is 2. The van der Waals surface area contributed by atoms with Crippen molar-refractivity contribution < 1.29 is 14.3 Å². The number of pyridine rings is 1. The van der Waals surface area contributed by atoms with Gasteiger partial charge in [0.05, 0.1) is 18.8 Å². The molecule has 0 aliphatic carbocycles. The van der Waals surface area contributed by atoms with Crippen LogP contribution in [0.1, 0.15) is 39.1 Å². The summed E-state index contributed by atoms with van der Waals surface area (Å²) in [6, 6.07) is 11.6. The highest BCUT2D eigenvalue weighted by Crippen LogP contribution is 2.23. The number of hydrogen-bond donors (Lipinski definition) is 0. The van der Waals surface area contributed by atoms with E-state index in [4.69, 9.17) is 4.74 Å². The molecule has 0 radical (unpaired) electrons. The Balaban J connectivity index is 1.28. The van der Waals surface area contributed by atoms with Gasteiger partial charge < -0.3 is 14.5 Å². The minimum atomic E-state index is 0.0718. The highest BCUT2D eigenvalue weighted by molar-refractivity contribution is 5.94. The van der Waals surface area contributed by atoms with Gasteiger partial charge in [0.2, 0.25) is 0 Å². The van der Waals surface area contributed by atoms with Crippen molar-refractivity contribution in [3.8, 4) is 0 Å². The fraction of sp³-hybridized carbons (Fsp3) is 0.435. The molecule has 29 heavy (non-hydrogen) atoms. The summed E-state index contributed by atoms with van der Waals surface area (Å²) in [5.74, 6) is 0.721. The summed E-state index contributed by atoms with van der Waals surface area (Å²) in [6.45, 7) is 4.13. The number of aromatic nitrogens is 1. The number of amides is 2. The fourth-order valence-corrected chi connectivity index (χ4v) is 4.08. The van der Waals surface area contributed by atoms with E-state index in [0.717, 1.165) is 37.9 Å². The molecule has 0 atom stereocenters. The number of benzene rings is 1. The molecule has 0 spiro atoms. The Morgan fingerprint density at radius 3 is 2.21 bits per heavy atom. The van der Waals surface area contributed by atoms with E-state index < -0.39 is 0 Å². The van der Waals surface area contributed by atoms with Crippen LogP contribution in [-0.2, 0) is 11.2 Å². The summed E-state index contributed by atoms with van der Waals surface area (Å²) in [5.41, 5.74) is 2.65. The molecule has 3 heterocycles. The third-order valence-electron chi connectivity index (χ3n) is 5.83. The largest absolute Gasteiger partial charge is 0.378 e.